The number of nitrogens with zero attached hydrogens (tertiary/aromatic N) is 1. The highest BCUT2D eigenvalue weighted by Gasteiger charge is 1.92. The summed E-state index contributed by atoms with van der Waals surface area (Å²) in [6, 6.07) is 0.595. The van der Waals surface area contributed by atoms with Crippen LogP contribution in [0, 0.1) is 12.9 Å². The number of aromatic nitrogens is 1. The molecule has 0 bridgehead atoms. The first-order valence-electron chi connectivity index (χ1n) is 1.88. The van der Waals surface area contributed by atoms with E-state index in [1.54, 1.807) is 6.92 Å². The summed E-state index contributed by atoms with van der Waals surface area (Å²) in [7, 11) is 0. The molecule has 0 N–H and O–H groups in total. The molecule has 0 aliphatic rings. The fraction of sp³-hybridized carbons (Fsp3) is 0.250. The minimum Gasteiger partial charge on any atom is -0.326 e. The lowest BCUT2D eigenvalue weighted by molar-refractivity contribution is 0.280. The maximum atomic E-state index is 11.7. The monoisotopic (exact) mass is 101 g/mol. The standard InChI is InChI=1S/C4H4FNO/c1-3-2-4(5)7-6-3/h2H,1H3. The van der Waals surface area contributed by atoms with Crippen LogP contribution in [0.15, 0.2) is 10.6 Å². The van der Waals surface area contributed by atoms with Crippen LogP contribution in [0.25, 0.3) is 0 Å². The van der Waals surface area contributed by atoms with Crippen molar-refractivity contribution in [2.75, 3.05) is 0 Å². The largest absolute Gasteiger partial charge is 0.326 e. The van der Waals surface area contributed by atoms with Gasteiger partial charge in [-0.25, -0.2) is 0 Å². The first kappa shape index (κ1) is 4.30. The maximum absolute atomic E-state index is 11.7. The Morgan fingerprint density at radius 1 is 1.86 bits per heavy atom. The van der Waals surface area contributed by atoms with Crippen LogP contribution in [-0.2, 0) is 0 Å². The van der Waals surface area contributed by atoms with Crippen molar-refractivity contribution in [3.8, 4) is 0 Å². The molecule has 0 atom stereocenters. The van der Waals surface area contributed by atoms with Crippen molar-refractivity contribution in [1.82, 2.24) is 5.16 Å². The molecule has 38 valence electrons. The zero-order chi connectivity index (χ0) is 5.28. The lowest BCUT2D eigenvalue weighted by Gasteiger charge is -1.61. The van der Waals surface area contributed by atoms with Gasteiger partial charge >= 0.3 is 6.01 Å². The lowest BCUT2D eigenvalue weighted by atomic mass is 10.5. The normalized spacial score (nSPS) is 9.43. The predicted octanol–water partition coefficient (Wildman–Crippen LogP) is 1.12. The molecule has 0 aliphatic carbocycles. The summed E-state index contributed by atoms with van der Waals surface area (Å²) in [5, 5.41) is 3.27. The Hall–Kier alpha value is -0.860. The summed E-state index contributed by atoms with van der Waals surface area (Å²) in [5.41, 5.74) is 0.567. The van der Waals surface area contributed by atoms with Crippen molar-refractivity contribution in [2.24, 2.45) is 0 Å². The quantitative estimate of drug-likeness (QED) is 0.489. The molecule has 1 rings (SSSR count). The zero-order valence-corrected chi connectivity index (χ0v) is 3.81. The molecule has 0 saturated heterocycles. The van der Waals surface area contributed by atoms with Crippen LogP contribution in [0.1, 0.15) is 5.69 Å². The Kier molecular flexibility index (Phi) is 0.817. The van der Waals surface area contributed by atoms with Gasteiger partial charge in [-0.05, 0) is 6.92 Å². The average Bonchev–Trinajstić information content (AvgIpc) is 1.87. The molecule has 0 aromatic carbocycles. The maximum Gasteiger partial charge on any atom is 0.306 e. The van der Waals surface area contributed by atoms with E-state index in [1.165, 1.54) is 6.07 Å². The van der Waals surface area contributed by atoms with E-state index in [2.05, 4.69) is 9.68 Å². The minimum atomic E-state index is -0.627. The van der Waals surface area contributed by atoms with Gasteiger partial charge in [-0.2, -0.15) is 4.39 Å². The van der Waals surface area contributed by atoms with Crippen molar-refractivity contribution in [3.63, 3.8) is 0 Å². The highest BCUT2D eigenvalue weighted by atomic mass is 19.1. The van der Waals surface area contributed by atoms with Gasteiger partial charge in [-0.3, -0.25) is 0 Å². The summed E-state index contributed by atoms with van der Waals surface area (Å²) in [6.07, 6.45) is 0. The Labute approximate surface area is 39.9 Å². The first-order chi connectivity index (χ1) is 3.29. The molecule has 0 amide bonds. The molecule has 1 aromatic heterocycles. The molecule has 0 aliphatic heterocycles. The molecular weight excluding hydrogens is 97.0 g/mol. The zero-order valence-electron chi connectivity index (χ0n) is 3.81. The Balaban J connectivity index is 3.04. The minimum absolute atomic E-state index is 0.567. The van der Waals surface area contributed by atoms with Crippen LogP contribution < -0.4 is 0 Å². The number of halogens is 1. The molecule has 0 fully saturated rings. The van der Waals surface area contributed by atoms with Crippen LogP contribution in [0.4, 0.5) is 4.39 Å². The van der Waals surface area contributed by atoms with E-state index in [0.717, 1.165) is 0 Å². The molecular formula is C4H4FNO. The van der Waals surface area contributed by atoms with Gasteiger partial charge in [0.15, 0.2) is 0 Å². The van der Waals surface area contributed by atoms with Crippen molar-refractivity contribution >= 4 is 0 Å². The van der Waals surface area contributed by atoms with Crippen molar-refractivity contribution in [3.05, 3.63) is 17.8 Å². The SMILES string of the molecule is Cc1cc(F)on1. The second-order valence-electron chi connectivity index (χ2n) is 1.27. The molecule has 1 heterocycles. The topological polar surface area (TPSA) is 26.0 Å². The number of hydrogen-bond donors (Lipinski definition) is 0. The molecule has 0 unspecified atom stereocenters. The summed E-state index contributed by atoms with van der Waals surface area (Å²) in [6.45, 7) is 1.66. The highest BCUT2D eigenvalue weighted by Crippen LogP contribution is 1.96. The van der Waals surface area contributed by atoms with E-state index >= 15 is 0 Å². The van der Waals surface area contributed by atoms with Crippen molar-refractivity contribution < 1.29 is 8.91 Å². The summed E-state index contributed by atoms with van der Waals surface area (Å²) >= 11 is 0. The second-order valence-corrected chi connectivity index (χ2v) is 1.27. The van der Waals surface area contributed by atoms with Gasteiger partial charge in [0.1, 0.15) is 0 Å². The molecule has 2 nitrogen and oxygen atoms in total. The third kappa shape index (κ3) is 0.765. The molecule has 3 heteroatoms. The van der Waals surface area contributed by atoms with Gasteiger partial charge in [0, 0.05) is 6.07 Å². The fourth-order valence-electron chi connectivity index (χ4n) is 0.333. The Bertz CT molecular complexity index is 144. The molecule has 0 saturated carbocycles. The van der Waals surface area contributed by atoms with Gasteiger partial charge in [0.25, 0.3) is 0 Å². The van der Waals surface area contributed by atoms with Crippen LogP contribution in [0.2, 0.25) is 0 Å². The van der Waals surface area contributed by atoms with Crippen LogP contribution in [0.3, 0.4) is 0 Å². The highest BCUT2D eigenvalue weighted by molar-refractivity contribution is 4.91. The average molecular weight is 101 g/mol. The van der Waals surface area contributed by atoms with Gasteiger partial charge in [-0.15, -0.1) is 0 Å². The third-order valence-corrected chi connectivity index (χ3v) is 0.599. The van der Waals surface area contributed by atoms with Crippen LogP contribution in [-0.4, -0.2) is 5.16 Å². The molecule has 1 aromatic rings. The number of hydrogen-bond acceptors (Lipinski definition) is 2. The lowest BCUT2D eigenvalue weighted by Crippen LogP contribution is -1.59. The summed E-state index contributed by atoms with van der Waals surface area (Å²) in [4.78, 5) is 0. The molecule has 0 radical (unpaired) electrons. The van der Waals surface area contributed by atoms with Gasteiger partial charge in [0.2, 0.25) is 0 Å². The summed E-state index contributed by atoms with van der Waals surface area (Å²) in [5.74, 6) is 0. The van der Waals surface area contributed by atoms with Crippen LogP contribution >= 0.6 is 0 Å². The van der Waals surface area contributed by atoms with E-state index in [4.69, 9.17) is 0 Å². The molecule has 7 heavy (non-hydrogen) atoms. The van der Waals surface area contributed by atoms with Gasteiger partial charge < -0.3 is 4.52 Å². The number of rotatable bonds is 0. The Morgan fingerprint density at radius 3 is 2.71 bits per heavy atom. The fourth-order valence-corrected chi connectivity index (χ4v) is 0.333. The van der Waals surface area contributed by atoms with Gasteiger partial charge in [-0.1, -0.05) is 5.16 Å². The molecule has 0 spiro atoms. The van der Waals surface area contributed by atoms with E-state index in [-0.39, 0.29) is 0 Å². The first-order valence-corrected chi connectivity index (χ1v) is 1.88. The van der Waals surface area contributed by atoms with E-state index < -0.39 is 6.01 Å². The van der Waals surface area contributed by atoms with Crippen molar-refractivity contribution in [2.45, 2.75) is 6.92 Å². The van der Waals surface area contributed by atoms with Gasteiger partial charge in [0.05, 0.1) is 5.69 Å². The van der Waals surface area contributed by atoms with E-state index in [0.29, 0.717) is 5.69 Å². The van der Waals surface area contributed by atoms with Crippen LogP contribution in [0.5, 0.6) is 0 Å². The second kappa shape index (κ2) is 1.33. The third-order valence-electron chi connectivity index (χ3n) is 0.599. The van der Waals surface area contributed by atoms with E-state index in [1.807, 2.05) is 0 Å². The van der Waals surface area contributed by atoms with Crippen molar-refractivity contribution in [1.29, 1.82) is 0 Å². The predicted molar refractivity (Wildman–Crippen MR) is 21.2 cm³/mol. The smallest absolute Gasteiger partial charge is 0.306 e. The number of aryl methyl sites for hydroxylation is 1. The summed E-state index contributed by atoms with van der Waals surface area (Å²) < 4.78 is 15.7. The Morgan fingerprint density at radius 2 is 2.57 bits per heavy atom. The van der Waals surface area contributed by atoms with E-state index in [9.17, 15) is 4.39 Å².